The SMILES string of the molecule is CCC[C@@H]1C=C[C@H]2[C@H](C(=O)N(CCO)[C@@H]2C(=O)NCn2nnc3ccccc32)[C@@H]1C(=O)NC. The summed E-state index contributed by atoms with van der Waals surface area (Å²) in [6.07, 6.45) is 5.55. The zero-order chi connectivity index (χ0) is 23.5. The van der Waals surface area contributed by atoms with Crippen molar-refractivity contribution in [1.29, 1.82) is 0 Å². The molecule has 33 heavy (non-hydrogen) atoms. The molecule has 3 amide bonds. The van der Waals surface area contributed by atoms with Gasteiger partial charge in [0.25, 0.3) is 0 Å². The van der Waals surface area contributed by atoms with Crippen LogP contribution in [-0.2, 0) is 21.1 Å². The van der Waals surface area contributed by atoms with Crippen LogP contribution in [0.3, 0.4) is 0 Å². The first-order valence-corrected chi connectivity index (χ1v) is 11.4. The first-order valence-electron chi connectivity index (χ1n) is 11.4. The number of likely N-dealkylation sites (tertiary alicyclic amines) is 1. The second kappa shape index (κ2) is 9.70. The van der Waals surface area contributed by atoms with E-state index in [1.165, 1.54) is 4.90 Å². The molecular formula is C23H30N6O4. The van der Waals surface area contributed by atoms with Gasteiger partial charge in [-0.25, -0.2) is 4.68 Å². The number of aliphatic hydroxyl groups is 1. The molecule has 1 aliphatic heterocycles. The van der Waals surface area contributed by atoms with Crippen molar-refractivity contribution in [3.8, 4) is 0 Å². The number of allylic oxidation sites excluding steroid dienone is 1. The van der Waals surface area contributed by atoms with Crippen molar-refractivity contribution >= 4 is 28.8 Å². The fourth-order valence-electron chi connectivity index (χ4n) is 5.27. The number of carbonyl (C=O) groups excluding carboxylic acids is 3. The van der Waals surface area contributed by atoms with Crippen LogP contribution < -0.4 is 10.6 Å². The second-order valence-corrected chi connectivity index (χ2v) is 8.56. The lowest BCUT2D eigenvalue weighted by molar-refractivity contribution is -0.141. The van der Waals surface area contributed by atoms with Gasteiger partial charge in [0.2, 0.25) is 17.7 Å². The molecule has 10 heteroatoms. The molecule has 1 aromatic carbocycles. The summed E-state index contributed by atoms with van der Waals surface area (Å²) in [7, 11) is 1.57. The number of nitrogens with zero attached hydrogens (tertiary/aromatic N) is 4. The van der Waals surface area contributed by atoms with Crippen LogP contribution >= 0.6 is 0 Å². The molecule has 5 atom stereocenters. The van der Waals surface area contributed by atoms with Gasteiger partial charge < -0.3 is 20.6 Å². The number of benzene rings is 1. The molecule has 1 aliphatic carbocycles. The van der Waals surface area contributed by atoms with Gasteiger partial charge >= 0.3 is 0 Å². The summed E-state index contributed by atoms with van der Waals surface area (Å²) in [4.78, 5) is 41.0. The van der Waals surface area contributed by atoms with Crippen molar-refractivity contribution in [3.63, 3.8) is 0 Å². The summed E-state index contributed by atoms with van der Waals surface area (Å²) in [6.45, 7) is 1.90. The minimum atomic E-state index is -0.810. The molecule has 1 saturated heterocycles. The molecule has 0 bridgehead atoms. The molecule has 0 unspecified atom stereocenters. The van der Waals surface area contributed by atoms with E-state index in [0.29, 0.717) is 0 Å². The third-order valence-corrected chi connectivity index (χ3v) is 6.72. The van der Waals surface area contributed by atoms with Gasteiger partial charge in [0, 0.05) is 19.5 Å². The fourth-order valence-corrected chi connectivity index (χ4v) is 5.27. The number of hydrogen-bond donors (Lipinski definition) is 3. The average Bonchev–Trinajstić information content (AvgIpc) is 3.36. The lowest BCUT2D eigenvalue weighted by Crippen LogP contribution is -2.48. The summed E-state index contributed by atoms with van der Waals surface area (Å²) in [5.74, 6) is -2.51. The number of carbonyl (C=O) groups is 3. The van der Waals surface area contributed by atoms with Gasteiger partial charge in [-0.15, -0.1) is 5.10 Å². The van der Waals surface area contributed by atoms with Crippen LogP contribution in [0.15, 0.2) is 36.4 Å². The molecule has 0 saturated carbocycles. The Morgan fingerprint density at radius 1 is 1.18 bits per heavy atom. The number of para-hydroxylation sites is 1. The van der Waals surface area contributed by atoms with Crippen LogP contribution in [0.5, 0.6) is 0 Å². The van der Waals surface area contributed by atoms with Gasteiger partial charge in [0.05, 0.1) is 24.0 Å². The number of rotatable bonds is 8. The van der Waals surface area contributed by atoms with Gasteiger partial charge in [0.1, 0.15) is 18.2 Å². The van der Waals surface area contributed by atoms with E-state index in [2.05, 4.69) is 20.9 Å². The van der Waals surface area contributed by atoms with E-state index in [-0.39, 0.29) is 43.5 Å². The molecule has 1 aromatic heterocycles. The van der Waals surface area contributed by atoms with Crippen LogP contribution in [0.25, 0.3) is 11.0 Å². The van der Waals surface area contributed by atoms with Crippen molar-refractivity contribution in [2.24, 2.45) is 23.7 Å². The third kappa shape index (κ3) is 4.10. The highest BCUT2D eigenvalue weighted by Crippen LogP contribution is 2.45. The molecule has 2 aliphatic rings. The second-order valence-electron chi connectivity index (χ2n) is 8.56. The van der Waals surface area contributed by atoms with Crippen LogP contribution in [0, 0.1) is 23.7 Å². The van der Waals surface area contributed by atoms with E-state index in [1.54, 1.807) is 11.7 Å². The Morgan fingerprint density at radius 2 is 1.97 bits per heavy atom. The number of nitrogens with one attached hydrogen (secondary N) is 2. The Hall–Kier alpha value is -3.27. The quantitative estimate of drug-likeness (QED) is 0.492. The zero-order valence-corrected chi connectivity index (χ0v) is 18.8. The first kappa shape index (κ1) is 22.9. The maximum atomic E-state index is 13.4. The van der Waals surface area contributed by atoms with E-state index < -0.39 is 23.8 Å². The van der Waals surface area contributed by atoms with Gasteiger partial charge in [-0.3, -0.25) is 14.4 Å². The molecule has 2 heterocycles. The standard InChI is InChI=1S/C23H30N6O4/c1-3-6-14-9-10-15-19(18(14)21(31)24-2)23(33)28(11-12-30)20(15)22(32)25-13-29-17-8-5-4-7-16(17)26-27-29/h4-5,7-10,14-15,18-20,30H,3,6,11-13H2,1-2H3,(H,24,31)(H,25,32)/t14-,15+,18-,19+,20+/m1/s1. The Kier molecular flexibility index (Phi) is 6.73. The highest BCUT2D eigenvalue weighted by atomic mass is 16.3. The number of fused-ring (bicyclic) bond motifs is 2. The Morgan fingerprint density at radius 3 is 2.70 bits per heavy atom. The largest absolute Gasteiger partial charge is 0.395 e. The maximum absolute atomic E-state index is 13.4. The Balaban J connectivity index is 1.60. The van der Waals surface area contributed by atoms with Gasteiger partial charge in [-0.2, -0.15) is 0 Å². The van der Waals surface area contributed by atoms with Crippen molar-refractivity contribution in [2.75, 3.05) is 20.2 Å². The van der Waals surface area contributed by atoms with Crippen molar-refractivity contribution < 1.29 is 19.5 Å². The zero-order valence-electron chi connectivity index (χ0n) is 18.8. The van der Waals surface area contributed by atoms with Crippen molar-refractivity contribution in [3.05, 3.63) is 36.4 Å². The van der Waals surface area contributed by atoms with Gasteiger partial charge in [-0.1, -0.05) is 42.8 Å². The first-order chi connectivity index (χ1) is 16.0. The van der Waals surface area contributed by atoms with Crippen molar-refractivity contribution in [1.82, 2.24) is 30.5 Å². The van der Waals surface area contributed by atoms with E-state index in [4.69, 9.17) is 0 Å². The number of amides is 3. The normalized spacial score (nSPS) is 26.5. The van der Waals surface area contributed by atoms with Crippen LogP contribution in [0.1, 0.15) is 19.8 Å². The minimum absolute atomic E-state index is 0.0307. The van der Waals surface area contributed by atoms with Crippen molar-refractivity contribution in [2.45, 2.75) is 32.5 Å². The molecular weight excluding hydrogens is 424 g/mol. The minimum Gasteiger partial charge on any atom is -0.395 e. The summed E-state index contributed by atoms with van der Waals surface area (Å²) >= 11 is 0. The monoisotopic (exact) mass is 454 g/mol. The lowest BCUT2D eigenvalue weighted by atomic mass is 9.68. The predicted molar refractivity (Wildman–Crippen MR) is 120 cm³/mol. The number of hydrogen-bond acceptors (Lipinski definition) is 6. The molecule has 10 nitrogen and oxygen atoms in total. The third-order valence-electron chi connectivity index (χ3n) is 6.72. The molecule has 3 N–H and O–H groups in total. The average molecular weight is 455 g/mol. The van der Waals surface area contributed by atoms with Crippen LogP contribution in [0.2, 0.25) is 0 Å². The predicted octanol–water partition coefficient (Wildman–Crippen LogP) is 0.289. The van der Waals surface area contributed by atoms with Gasteiger partial charge in [-0.05, 0) is 24.5 Å². The maximum Gasteiger partial charge on any atom is 0.244 e. The highest BCUT2D eigenvalue weighted by Gasteiger charge is 2.56. The Labute approximate surface area is 192 Å². The Bertz CT molecular complexity index is 1070. The molecule has 0 radical (unpaired) electrons. The smallest absolute Gasteiger partial charge is 0.244 e. The highest BCUT2D eigenvalue weighted by molar-refractivity contribution is 5.96. The fraction of sp³-hybridized carbons (Fsp3) is 0.522. The summed E-state index contributed by atoms with van der Waals surface area (Å²) in [5, 5.41) is 23.3. The summed E-state index contributed by atoms with van der Waals surface area (Å²) in [5.41, 5.74) is 1.50. The molecule has 1 fully saturated rings. The van der Waals surface area contributed by atoms with Crippen LogP contribution in [-0.4, -0.2) is 69.0 Å². The molecule has 4 rings (SSSR count). The molecule has 2 aromatic rings. The van der Waals surface area contributed by atoms with Crippen LogP contribution in [0.4, 0.5) is 0 Å². The number of β-amino-alcohol motifs (C(OH)–C–C–N with tert-alkyl or cyclic N) is 1. The van der Waals surface area contributed by atoms with E-state index in [0.717, 1.165) is 23.9 Å². The molecule has 0 spiro atoms. The van der Waals surface area contributed by atoms with E-state index >= 15 is 0 Å². The summed E-state index contributed by atoms with van der Waals surface area (Å²) < 4.78 is 1.58. The number of aromatic nitrogens is 3. The van der Waals surface area contributed by atoms with Gasteiger partial charge in [0.15, 0.2) is 0 Å². The van der Waals surface area contributed by atoms with E-state index in [9.17, 15) is 19.5 Å². The summed E-state index contributed by atoms with van der Waals surface area (Å²) in [6, 6.07) is 6.62. The number of aliphatic hydroxyl groups excluding tert-OH is 1. The lowest BCUT2D eigenvalue weighted by Gasteiger charge is -2.34. The molecule has 176 valence electrons. The van der Waals surface area contributed by atoms with E-state index in [1.807, 2.05) is 43.3 Å². The topological polar surface area (TPSA) is 129 Å².